The Labute approximate surface area is 146 Å². The van der Waals surface area contributed by atoms with Gasteiger partial charge in [-0.25, -0.2) is 8.42 Å². The number of nitrogens with zero attached hydrogens (tertiary/aromatic N) is 2. The van der Waals surface area contributed by atoms with E-state index >= 15 is 0 Å². The summed E-state index contributed by atoms with van der Waals surface area (Å²) in [5, 5.41) is 2.48. The number of nitrogens with one attached hydrogen (secondary N) is 1. The van der Waals surface area contributed by atoms with Crippen molar-refractivity contribution in [2.75, 3.05) is 43.0 Å². The van der Waals surface area contributed by atoms with Crippen molar-refractivity contribution in [3.8, 4) is 0 Å². The van der Waals surface area contributed by atoms with Crippen molar-refractivity contribution >= 4 is 33.2 Å². The highest BCUT2D eigenvalue weighted by molar-refractivity contribution is 7.92. The van der Waals surface area contributed by atoms with Crippen LogP contribution in [0, 0.1) is 0 Å². The second kappa shape index (κ2) is 8.11. The molecule has 0 unspecified atom stereocenters. The Bertz CT molecular complexity index is 740. The van der Waals surface area contributed by atoms with Gasteiger partial charge in [0.2, 0.25) is 17.7 Å². The summed E-state index contributed by atoms with van der Waals surface area (Å²) in [5.74, 6) is -2.76. The van der Waals surface area contributed by atoms with Crippen LogP contribution in [0.3, 0.4) is 0 Å². The Hall–Kier alpha value is -2.42. The van der Waals surface area contributed by atoms with Crippen LogP contribution in [-0.2, 0) is 24.2 Å². The van der Waals surface area contributed by atoms with Gasteiger partial charge in [-0.05, 0) is 12.1 Å². The third-order valence-corrected chi connectivity index (χ3v) is 5.22. The highest BCUT2D eigenvalue weighted by Crippen LogP contribution is 2.07. The number of sulfone groups is 1. The molecule has 0 saturated carbocycles. The topological polar surface area (TPSA) is 104 Å². The van der Waals surface area contributed by atoms with Gasteiger partial charge in [-0.3, -0.25) is 14.4 Å². The highest BCUT2D eigenvalue weighted by atomic mass is 32.2. The summed E-state index contributed by atoms with van der Waals surface area (Å²) in [7, 11) is -3.86. The molecule has 2 rings (SSSR count). The molecule has 0 radical (unpaired) electrons. The second-order valence-electron chi connectivity index (χ2n) is 5.83. The fraction of sp³-hybridized carbons (Fsp3) is 0.438. The molecule has 1 fully saturated rings. The number of benzene rings is 1. The Kier molecular flexibility index (Phi) is 6.13. The van der Waals surface area contributed by atoms with Crippen LogP contribution < -0.4 is 5.32 Å². The summed E-state index contributed by atoms with van der Waals surface area (Å²) in [5.41, 5.74) is 0.495. The number of carbonyl (C=O) groups excluding carboxylic acids is 3. The Morgan fingerprint density at radius 3 is 2.08 bits per heavy atom. The van der Waals surface area contributed by atoms with Crippen LogP contribution in [0.25, 0.3) is 0 Å². The van der Waals surface area contributed by atoms with E-state index < -0.39 is 33.2 Å². The van der Waals surface area contributed by atoms with Gasteiger partial charge in [0, 0.05) is 38.8 Å². The van der Waals surface area contributed by atoms with Crippen molar-refractivity contribution in [3.05, 3.63) is 30.3 Å². The van der Waals surface area contributed by atoms with Crippen molar-refractivity contribution in [2.24, 2.45) is 0 Å². The molecule has 0 aromatic heterocycles. The average Bonchev–Trinajstić information content (AvgIpc) is 2.54. The number of amides is 3. The van der Waals surface area contributed by atoms with Crippen molar-refractivity contribution in [2.45, 2.75) is 6.92 Å². The van der Waals surface area contributed by atoms with E-state index in [4.69, 9.17) is 0 Å². The third-order valence-electron chi connectivity index (χ3n) is 3.83. The predicted octanol–water partition coefficient (Wildman–Crippen LogP) is -0.269. The maximum atomic E-state index is 12.1. The fourth-order valence-corrected chi connectivity index (χ4v) is 3.65. The number of anilines is 1. The molecule has 1 aromatic rings. The lowest BCUT2D eigenvalue weighted by molar-refractivity contribution is -0.136. The van der Waals surface area contributed by atoms with Crippen LogP contribution in [0.2, 0.25) is 0 Å². The maximum Gasteiger partial charge on any atom is 0.239 e. The first-order valence-corrected chi connectivity index (χ1v) is 9.67. The summed E-state index contributed by atoms with van der Waals surface area (Å²) in [6.45, 7) is 2.81. The molecule has 1 aliphatic heterocycles. The molecule has 1 aromatic carbocycles. The summed E-state index contributed by atoms with van der Waals surface area (Å²) < 4.78 is 24.2. The van der Waals surface area contributed by atoms with Crippen molar-refractivity contribution in [1.82, 2.24) is 9.80 Å². The Balaban J connectivity index is 1.85. The van der Waals surface area contributed by atoms with Crippen LogP contribution in [0.4, 0.5) is 5.69 Å². The minimum absolute atomic E-state index is 0.0719. The molecule has 1 saturated heterocycles. The predicted molar refractivity (Wildman–Crippen MR) is 92.6 cm³/mol. The van der Waals surface area contributed by atoms with E-state index in [0.717, 1.165) is 0 Å². The van der Waals surface area contributed by atoms with Crippen LogP contribution >= 0.6 is 0 Å². The summed E-state index contributed by atoms with van der Waals surface area (Å²) >= 11 is 0. The normalized spacial score (nSPS) is 14.9. The lowest BCUT2D eigenvalue weighted by Crippen LogP contribution is -2.51. The van der Waals surface area contributed by atoms with E-state index in [9.17, 15) is 22.8 Å². The molecule has 0 atom stereocenters. The van der Waals surface area contributed by atoms with Gasteiger partial charge >= 0.3 is 0 Å². The standard InChI is InChI=1S/C16H21N3O5S/c1-13(20)18-7-9-19(10-8-18)16(22)12-25(23,24)11-15(21)17-14-5-3-2-4-6-14/h2-6H,7-12H2,1H3,(H,17,21). The van der Waals surface area contributed by atoms with Gasteiger partial charge in [0.05, 0.1) is 0 Å². The van der Waals surface area contributed by atoms with E-state index in [1.165, 1.54) is 11.8 Å². The smallest absolute Gasteiger partial charge is 0.239 e. The lowest BCUT2D eigenvalue weighted by Gasteiger charge is -2.34. The van der Waals surface area contributed by atoms with E-state index in [1.54, 1.807) is 35.2 Å². The largest absolute Gasteiger partial charge is 0.339 e. The van der Waals surface area contributed by atoms with Gasteiger partial charge < -0.3 is 15.1 Å². The number of para-hydroxylation sites is 1. The monoisotopic (exact) mass is 367 g/mol. The molecule has 25 heavy (non-hydrogen) atoms. The van der Waals surface area contributed by atoms with E-state index in [0.29, 0.717) is 31.9 Å². The van der Waals surface area contributed by atoms with Crippen LogP contribution in [0.15, 0.2) is 30.3 Å². The van der Waals surface area contributed by atoms with E-state index in [-0.39, 0.29) is 5.91 Å². The lowest BCUT2D eigenvalue weighted by atomic mass is 10.3. The first-order valence-electron chi connectivity index (χ1n) is 7.85. The maximum absolute atomic E-state index is 12.1. The number of rotatable bonds is 5. The third kappa shape index (κ3) is 5.86. The molecule has 0 bridgehead atoms. The molecule has 136 valence electrons. The SMILES string of the molecule is CC(=O)N1CCN(C(=O)CS(=O)(=O)CC(=O)Nc2ccccc2)CC1. The minimum atomic E-state index is -3.86. The van der Waals surface area contributed by atoms with Crippen LogP contribution in [0.5, 0.6) is 0 Å². The zero-order valence-electron chi connectivity index (χ0n) is 14.0. The number of hydrogen-bond donors (Lipinski definition) is 1. The fourth-order valence-electron chi connectivity index (χ4n) is 2.52. The minimum Gasteiger partial charge on any atom is -0.339 e. The molecule has 1 heterocycles. The second-order valence-corrected chi connectivity index (χ2v) is 7.90. The Morgan fingerprint density at radius 1 is 0.960 bits per heavy atom. The zero-order valence-corrected chi connectivity index (χ0v) is 14.8. The first kappa shape index (κ1) is 18.9. The van der Waals surface area contributed by atoms with Crippen molar-refractivity contribution < 1.29 is 22.8 Å². The number of hydrogen-bond acceptors (Lipinski definition) is 5. The average molecular weight is 367 g/mol. The molecular weight excluding hydrogens is 346 g/mol. The molecular formula is C16H21N3O5S. The molecule has 0 aliphatic carbocycles. The van der Waals surface area contributed by atoms with Gasteiger partial charge in [-0.15, -0.1) is 0 Å². The number of piperazine rings is 1. The van der Waals surface area contributed by atoms with Crippen LogP contribution in [-0.4, -0.2) is 73.6 Å². The molecule has 8 nitrogen and oxygen atoms in total. The molecule has 9 heteroatoms. The van der Waals surface area contributed by atoms with Gasteiger partial charge in [-0.1, -0.05) is 18.2 Å². The highest BCUT2D eigenvalue weighted by Gasteiger charge is 2.27. The van der Waals surface area contributed by atoms with Gasteiger partial charge in [0.1, 0.15) is 11.5 Å². The van der Waals surface area contributed by atoms with Crippen LogP contribution in [0.1, 0.15) is 6.92 Å². The number of carbonyl (C=O) groups is 3. The zero-order chi connectivity index (χ0) is 18.4. The van der Waals surface area contributed by atoms with Crippen molar-refractivity contribution in [1.29, 1.82) is 0 Å². The quantitative estimate of drug-likeness (QED) is 0.772. The molecule has 3 amide bonds. The molecule has 1 aliphatic rings. The van der Waals surface area contributed by atoms with Crippen molar-refractivity contribution in [3.63, 3.8) is 0 Å². The summed E-state index contributed by atoms with van der Waals surface area (Å²) in [6.07, 6.45) is 0. The summed E-state index contributed by atoms with van der Waals surface area (Å²) in [6, 6.07) is 8.49. The van der Waals surface area contributed by atoms with E-state index in [2.05, 4.69) is 5.32 Å². The molecule has 0 spiro atoms. The first-order chi connectivity index (χ1) is 11.8. The van der Waals surface area contributed by atoms with E-state index in [1.807, 2.05) is 0 Å². The van der Waals surface area contributed by atoms with Gasteiger partial charge in [-0.2, -0.15) is 0 Å². The Morgan fingerprint density at radius 2 is 1.52 bits per heavy atom. The molecule has 1 N–H and O–H groups in total. The van der Waals surface area contributed by atoms with Gasteiger partial charge in [0.15, 0.2) is 9.84 Å². The summed E-state index contributed by atoms with van der Waals surface area (Å²) in [4.78, 5) is 38.3. The van der Waals surface area contributed by atoms with Gasteiger partial charge in [0.25, 0.3) is 0 Å².